The highest BCUT2D eigenvalue weighted by atomic mass is 16.3. The molecule has 0 unspecified atom stereocenters. The Balaban J connectivity index is 1.29. The third-order valence-electron chi connectivity index (χ3n) is 4.79. The first-order valence-corrected chi connectivity index (χ1v) is 9.00. The third-order valence-corrected chi connectivity index (χ3v) is 4.79. The Hall–Kier alpha value is -2.83. The van der Waals surface area contributed by atoms with Gasteiger partial charge in [0.15, 0.2) is 11.5 Å². The number of carbonyl (C=O) groups excluding carboxylic acids is 1. The van der Waals surface area contributed by atoms with E-state index >= 15 is 0 Å². The van der Waals surface area contributed by atoms with Gasteiger partial charge in [0.1, 0.15) is 5.52 Å². The van der Waals surface area contributed by atoms with E-state index in [0.29, 0.717) is 25.4 Å². The summed E-state index contributed by atoms with van der Waals surface area (Å²) in [5, 5.41) is 7.51. The molecule has 136 valence electrons. The fraction of sp³-hybridized carbons (Fsp3) is 0.421. The molecule has 1 N–H and O–H groups in total. The van der Waals surface area contributed by atoms with Gasteiger partial charge in [0.05, 0.1) is 11.7 Å². The van der Waals surface area contributed by atoms with Gasteiger partial charge in [-0.2, -0.15) is 5.10 Å². The lowest BCUT2D eigenvalue weighted by Crippen LogP contribution is -2.39. The molecule has 2 amide bonds. The Morgan fingerprint density at radius 2 is 2.19 bits per heavy atom. The molecule has 3 heterocycles. The zero-order chi connectivity index (χ0) is 18.1. The highest BCUT2D eigenvalue weighted by Gasteiger charge is 2.28. The number of nitrogens with zero attached hydrogens (tertiary/aromatic N) is 4. The van der Waals surface area contributed by atoms with E-state index in [9.17, 15) is 4.79 Å². The van der Waals surface area contributed by atoms with Crippen molar-refractivity contribution in [2.24, 2.45) is 0 Å². The van der Waals surface area contributed by atoms with E-state index in [1.165, 1.54) is 0 Å². The van der Waals surface area contributed by atoms with Gasteiger partial charge in [0, 0.05) is 31.7 Å². The number of likely N-dealkylation sites (tertiary alicyclic amines) is 1. The fourth-order valence-electron chi connectivity index (χ4n) is 3.56. The van der Waals surface area contributed by atoms with Crippen molar-refractivity contribution < 1.29 is 9.21 Å². The van der Waals surface area contributed by atoms with Crippen LogP contribution in [0.15, 0.2) is 34.7 Å². The molecule has 1 aromatic carbocycles. The van der Waals surface area contributed by atoms with Crippen LogP contribution in [0.4, 0.5) is 4.79 Å². The molecule has 0 aliphatic carbocycles. The van der Waals surface area contributed by atoms with E-state index in [4.69, 9.17) is 4.42 Å². The van der Waals surface area contributed by atoms with Crippen molar-refractivity contribution in [3.63, 3.8) is 0 Å². The molecule has 0 bridgehead atoms. The summed E-state index contributed by atoms with van der Waals surface area (Å²) < 4.78 is 7.72. The summed E-state index contributed by atoms with van der Waals surface area (Å²) in [4.78, 5) is 18.7. The minimum Gasteiger partial charge on any atom is -0.441 e. The van der Waals surface area contributed by atoms with E-state index in [2.05, 4.69) is 28.4 Å². The summed E-state index contributed by atoms with van der Waals surface area (Å²) in [6.45, 7) is 6.00. The summed E-state index contributed by atoms with van der Waals surface area (Å²) in [7, 11) is 0. The second-order valence-corrected chi connectivity index (χ2v) is 6.82. The first-order chi connectivity index (χ1) is 12.6. The lowest BCUT2D eigenvalue weighted by Gasteiger charge is -2.18. The van der Waals surface area contributed by atoms with Crippen molar-refractivity contribution in [2.75, 3.05) is 19.6 Å². The molecule has 0 saturated carbocycles. The van der Waals surface area contributed by atoms with Crippen LogP contribution in [0.1, 0.15) is 29.7 Å². The highest BCUT2D eigenvalue weighted by molar-refractivity contribution is 5.74. The molecule has 0 spiro atoms. The van der Waals surface area contributed by atoms with Gasteiger partial charge in [0.25, 0.3) is 0 Å². The van der Waals surface area contributed by atoms with Crippen molar-refractivity contribution in [3.8, 4) is 0 Å². The van der Waals surface area contributed by atoms with Gasteiger partial charge in [-0.3, -0.25) is 4.68 Å². The molecule has 1 saturated heterocycles. The number of aryl methyl sites for hydroxylation is 2. The van der Waals surface area contributed by atoms with Crippen molar-refractivity contribution in [1.29, 1.82) is 0 Å². The van der Waals surface area contributed by atoms with E-state index in [-0.39, 0.29) is 12.1 Å². The Morgan fingerprint density at radius 3 is 2.96 bits per heavy atom. The molecule has 1 aliphatic rings. The largest absolute Gasteiger partial charge is 0.441 e. The number of fused-ring (bicyclic) bond motifs is 1. The third kappa shape index (κ3) is 3.29. The normalized spacial score (nSPS) is 17.2. The lowest BCUT2D eigenvalue weighted by atomic mass is 10.2. The summed E-state index contributed by atoms with van der Waals surface area (Å²) >= 11 is 0. The summed E-state index contributed by atoms with van der Waals surface area (Å²) in [5.41, 5.74) is 3.79. The van der Waals surface area contributed by atoms with Crippen LogP contribution in [0.2, 0.25) is 0 Å². The van der Waals surface area contributed by atoms with E-state index in [0.717, 1.165) is 35.5 Å². The quantitative estimate of drug-likeness (QED) is 0.782. The van der Waals surface area contributed by atoms with E-state index in [1.807, 2.05) is 40.8 Å². The summed E-state index contributed by atoms with van der Waals surface area (Å²) in [6, 6.07) is 9.96. The molecule has 1 atom stereocenters. The standard InChI is InChI=1S/C19H23N5O2/c1-13-11-14(2)24(22-13)15-8-10-23(12-15)19(25)20-9-7-18-21-16-5-3-4-6-17(16)26-18/h3-6,11,15H,7-10,12H2,1-2H3,(H,20,25)/t15-/m0/s1. The maximum Gasteiger partial charge on any atom is 0.317 e. The molecule has 7 nitrogen and oxygen atoms in total. The van der Waals surface area contributed by atoms with Crippen molar-refractivity contribution in [2.45, 2.75) is 32.7 Å². The fourth-order valence-corrected chi connectivity index (χ4v) is 3.56. The van der Waals surface area contributed by atoms with Gasteiger partial charge in [-0.05, 0) is 38.5 Å². The van der Waals surface area contributed by atoms with Crippen LogP contribution in [0.3, 0.4) is 0 Å². The predicted octanol–water partition coefficient (Wildman–Crippen LogP) is 2.84. The average Bonchev–Trinajstić information content (AvgIpc) is 3.32. The van der Waals surface area contributed by atoms with Crippen LogP contribution in [-0.2, 0) is 6.42 Å². The number of carbonyl (C=O) groups is 1. The summed E-state index contributed by atoms with van der Waals surface area (Å²) in [6.07, 6.45) is 1.51. The maximum absolute atomic E-state index is 12.4. The number of aromatic nitrogens is 3. The molecular formula is C19H23N5O2. The first kappa shape index (κ1) is 16.6. The van der Waals surface area contributed by atoms with Crippen molar-refractivity contribution in [1.82, 2.24) is 25.0 Å². The zero-order valence-electron chi connectivity index (χ0n) is 15.1. The van der Waals surface area contributed by atoms with Crippen LogP contribution in [0.25, 0.3) is 11.1 Å². The number of nitrogens with one attached hydrogen (secondary N) is 1. The van der Waals surface area contributed by atoms with Gasteiger partial charge < -0.3 is 14.6 Å². The van der Waals surface area contributed by atoms with Gasteiger partial charge in [-0.15, -0.1) is 0 Å². The molecule has 4 rings (SSSR count). The van der Waals surface area contributed by atoms with Gasteiger partial charge in [-0.25, -0.2) is 9.78 Å². The van der Waals surface area contributed by atoms with Crippen LogP contribution in [0, 0.1) is 13.8 Å². The number of hydrogen-bond donors (Lipinski definition) is 1. The first-order valence-electron chi connectivity index (χ1n) is 9.00. The minimum absolute atomic E-state index is 0.0369. The number of para-hydroxylation sites is 2. The topological polar surface area (TPSA) is 76.2 Å². The average molecular weight is 353 g/mol. The maximum atomic E-state index is 12.4. The van der Waals surface area contributed by atoms with Gasteiger partial charge >= 0.3 is 6.03 Å². The van der Waals surface area contributed by atoms with E-state index < -0.39 is 0 Å². The van der Waals surface area contributed by atoms with Gasteiger partial charge in [0.2, 0.25) is 0 Å². The zero-order valence-corrected chi connectivity index (χ0v) is 15.1. The van der Waals surface area contributed by atoms with Gasteiger partial charge in [-0.1, -0.05) is 12.1 Å². The number of rotatable bonds is 4. The minimum atomic E-state index is -0.0369. The number of hydrogen-bond acceptors (Lipinski definition) is 4. The van der Waals surface area contributed by atoms with E-state index in [1.54, 1.807) is 0 Å². The number of oxazole rings is 1. The van der Waals surface area contributed by atoms with Crippen LogP contribution in [-0.4, -0.2) is 45.3 Å². The molecule has 2 aromatic heterocycles. The molecule has 1 fully saturated rings. The predicted molar refractivity (Wildman–Crippen MR) is 98.0 cm³/mol. The molecule has 0 radical (unpaired) electrons. The SMILES string of the molecule is Cc1cc(C)n([C@H]2CCN(C(=O)NCCc3nc4ccccc4o3)C2)n1. The molecule has 3 aromatic rings. The molecule has 7 heteroatoms. The monoisotopic (exact) mass is 353 g/mol. The molecule has 1 aliphatic heterocycles. The number of amides is 2. The Bertz CT molecular complexity index is 896. The second kappa shape index (κ2) is 6.82. The van der Waals surface area contributed by atoms with Crippen molar-refractivity contribution >= 4 is 17.1 Å². The Kier molecular flexibility index (Phi) is 4.36. The van der Waals surface area contributed by atoms with Crippen LogP contribution >= 0.6 is 0 Å². The van der Waals surface area contributed by atoms with Crippen LogP contribution in [0.5, 0.6) is 0 Å². The second-order valence-electron chi connectivity index (χ2n) is 6.82. The summed E-state index contributed by atoms with van der Waals surface area (Å²) in [5.74, 6) is 0.647. The Morgan fingerprint density at radius 1 is 1.35 bits per heavy atom. The Labute approximate surface area is 152 Å². The number of urea groups is 1. The molecule has 26 heavy (non-hydrogen) atoms. The smallest absolute Gasteiger partial charge is 0.317 e. The van der Waals surface area contributed by atoms with Crippen molar-refractivity contribution in [3.05, 3.63) is 47.6 Å². The highest BCUT2D eigenvalue weighted by Crippen LogP contribution is 2.23. The van der Waals surface area contributed by atoms with Crippen LogP contribution < -0.4 is 5.32 Å². The number of benzene rings is 1. The molecular weight excluding hydrogens is 330 g/mol. The lowest BCUT2D eigenvalue weighted by molar-refractivity contribution is 0.206.